The van der Waals surface area contributed by atoms with Crippen molar-refractivity contribution >= 4 is 16.9 Å². The number of hydrogen-bond donors (Lipinski definition) is 1. The first-order valence-electron chi connectivity index (χ1n) is 7.85. The lowest BCUT2D eigenvalue weighted by molar-refractivity contribution is 0.0912. The molecule has 0 bridgehead atoms. The highest BCUT2D eigenvalue weighted by molar-refractivity contribution is 5.93. The predicted octanol–water partition coefficient (Wildman–Crippen LogP) is 3.01. The van der Waals surface area contributed by atoms with Crippen molar-refractivity contribution in [3.63, 3.8) is 0 Å². The van der Waals surface area contributed by atoms with E-state index in [9.17, 15) is 9.59 Å². The lowest BCUT2D eigenvalue weighted by Gasteiger charge is -2.14. The van der Waals surface area contributed by atoms with E-state index >= 15 is 0 Å². The SMILES string of the molecule is CC(NC(=O)c1cc(=O)c2ccccc2o1)c1ccc2c(c1)OCO2. The lowest BCUT2D eigenvalue weighted by Crippen LogP contribution is -2.27. The summed E-state index contributed by atoms with van der Waals surface area (Å²) in [6.07, 6.45) is 0. The highest BCUT2D eigenvalue weighted by Gasteiger charge is 2.19. The van der Waals surface area contributed by atoms with Gasteiger partial charge in [-0.3, -0.25) is 9.59 Å². The molecule has 2 aromatic carbocycles. The first-order valence-corrected chi connectivity index (χ1v) is 7.85. The van der Waals surface area contributed by atoms with Gasteiger partial charge in [0.25, 0.3) is 5.91 Å². The van der Waals surface area contributed by atoms with Gasteiger partial charge in [-0.15, -0.1) is 0 Å². The van der Waals surface area contributed by atoms with Gasteiger partial charge in [-0.1, -0.05) is 18.2 Å². The quantitative estimate of drug-likeness (QED) is 0.795. The third-order valence-corrected chi connectivity index (χ3v) is 4.10. The van der Waals surface area contributed by atoms with Gasteiger partial charge < -0.3 is 19.2 Å². The molecule has 0 fully saturated rings. The molecular formula is C19H15NO5. The van der Waals surface area contributed by atoms with Crippen LogP contribution in [0.2, 0.25) is 0 Å². The molecule has 126 valence electrons. The summed E-state index contributed by atoms with van der Waals surface area (Å²) in [5, 5.41) is 3.27. The fourth-order valence-corrected chi connectivity index (χ4v) is 2.75. The third kappa shape index (κ3) is 2.82. The average molecular weight is 337 g/mol. The molecule has 6 nitrogen and oxygen atoms in total. The van der Waals surface area contributed by atoms with Crippen molar-refractivity contribution in [1.29, 1.82) is 0 Å². The van der Waals surface area contributed by atoms with E-state index in [1.807, 2.05) is 19.1 Å². The molecule has 0 spiro atoms. The third-order valence-electron chi connectivity index (χ3n) is 4.10. The first kappa shape index (κ1) is 15.3. The number of carbonyl (C=O) groups excluding carboxylic acids is 1. The number of benzene rings is 2. The van der Waals surface area contributed by atoms with Gasteiger partial charge in [0.05, 0.1) is 11.4 Å². The minimum atomic E-state index is -0.451. The summed E-state index contributed by atoms with van der Waals surface area (Å²) in [6, 6.07) is 13.2. The van der Waals surface area contributed by atoms with Crippen LogP contribution in [0.25, 0.3) is 11.0 Å². The molecule has 6 heteroatoms. The summed E-state index contributed by atoms with van der Waals surface area (Å²) < 4.78 is 16.2. The molecule has 0 saturated carbocycles. The molecular weight excluding hydrogens is 322 g/mol. The number of carbonyl (C=O) groups is 1. The Labute approximate surface area is 143 Å². The Balaban J connectivity index is 1.58. The Morgan fingerprint density at radius 2 is 1.88 bits per heavy atom. The van der Waals surface area contributed by atoms with Gasteiger partial charge in [-0.05, 0) is 36.8 Å². The monoisotopic (exact) mass is 337 g/mol. The Bertz CT molecular complexity index is 1020. The highest BCUT2D eigenvalue weighted by Crippen LogP contribution is 2.34. The summed E-state index contributed by atoms with van der Waals surface area (Å²) in [5.74, 6) is 0.864. The number of amides is 1. The minimum Gasteiger partial charge on any atom is -0.454 e. The molecule has 3 aromatic rings. The first-order chi connectivity index (χ1) is 12.1. The largest absolute Gasteiger partial charge is 0.454 e. The maximum atomic E-state index is 12.5. The predicted molar refractivity (Wildman–Crippen MR) is 90.9 cm³/mol. The van der Waals surface area contributed by atoms with Crippen LogP contribution in [0.5, 0.6) is 11.5 Å². The zero-order chi connectivity index (χ0) is 17.4. The molecule has 1 aliphatic heterocycles. The molecule has 1 atom stereocenters. The molecule has 1 unspecified atom stereocenters. The van der Waals surface area contributed by atoms with Crippen molar-refractivity contribution in [2.45, 2.75) is 13.0 Å². The number of hydrogen-bond acceptors (Lipinski definition) is 5. The van der Waals surface area contributed by atoms with Crippen molar-refractivity contribution < 1.29 is 18.7 Å². The minimum absolute atomic E-state index is 0.0173. The van der Waals surface area contributed by atoms with Crippen LogP contribution in [0.3, 0.4) is 0 Å². The van der Waals surface area contributed by atoms with E-state index in [1.54, 1.807) is 30.3 Å². The fourth-order valence-electron chi connectivity index (χ4n) is 2.75. The molecule has 4 rings (SSSR count). The Kier molecular flexibility index (Phi) is 3.65. The van der Waals surface area contributed by atoms with E-state index in [1.165, 1.54) is 6.07 Å². The van der Waals surface area contributed by atoms with Crippen LogP contribution >= 0.6 is 0 Å². The summed E-state index contributed by atoms with van der Waals surface area (Å²) in [4.78, 5) is 24.6. The molecule has 0 radical (unpaired) electrons. The van der Waals surface area contributed by atoms with Crippen LogP contribution in [0.15, 0.2) is 57.7 Å². The van der Waals surface area contributed by atoms with Gasteiger partial charge in [0.2, 0.25) is 6.79 Å². The van der Waals surface area contributed by atoms with Crippen LogP contribution in [0, 0.1) is 0 Å². The maximum Gasteiger partial charge on any atom is 0.287 e. The summed E-state index contributed by atoms with van der Waals surface area (Å²) in [7, 11) is 0. The second-order valence-corrected chi connectivity index (χ2v) is 5.78. The molecule has 0 aliphatic carbocycles. The van der Waals surface area contributed by atoms with Crippen molar-refractivity contribution in [2.24, 2.45) is 0 Å². The van der Waals surface area contributed by atoms with E-state index in [4.69, 9.17) is 13.9 Å². The second kappa shape index (κ2) is 5.98. The van der Waals surface area contributed by atoms with Crippen molar-refractivity contribution in [3.8, 4) is 11.5 Å². The van der Waals surface area contributed by atoms with Crippen molar-refractivity contribution in [2.75, 3.05) is 6.79 Å². The van der Waals surface area contributed by atoms with E-state index in [0.29, 0.717) is 22.5 Å². The van der Waals surface area contributed by atoms with E-state index in [0.717, 1.165) is 5.56 Å². The van der Waals surface area contributed by atoms with Gasteiger partial charge in [0.1, 0.15) is 5.58 Å². The zero-order valence-electron chi connectivity index (χ0n) is 13.4. The van der Waals surface area contributed by atoms with E-state index < -0.39 is 5.91 Å². The Morgan fingerprint density at radius 3 is 2.76 bits per heavy atom. The topological polar surface area (TPSA) is 77.8 Å². The number of nitrogens with one attached hydrogen (secondary N) is 1. The molecule has 1 amide bonds. The number of para-hydroxylation sites is 1. The van der Waals surface area contributed by atoms with Gasteiger partial charge in [-0.25, -0.2) is 0 Å². The number of rotatable bonds is 3. The van der Waals surface area contributed by atoms with Crippen molar-refractivity contribution in [3.05, 3.63) is 70.1 Å². The smallest absolute Gasteiger partial charge is 0.287 e. The highest BCUT2D eigenvalue weighted by atomic mass is 16.7. The summed E-state index contributed by atoms with van der Waals surface area (Å²) in [6.45, 7) is 2.04. The lowest BCUT2D eigenvalue weighted by atomic mass is 10.1. The number of ether oxygens (including phenoxy) is 2. The number of fused-ring (bicyclic) bond motifs is 2. The maximum absolute atomic E-state index is 12.5. The molecule has 0 saturated heterocycles. The second-order valence-electron chi connectivity index (χ2n) is 5.78. The zero-order valence-corrected chi connectivity index (χ0v) is 13.4. The van der Waals surface area contributed by atoms with Gasteiger partial charge in [0, 0.05) is 6.07 Å². The van der Waals surface area contributed by atoms with E-state index in [2.05, 4.69) is 5.32 Å². The molecule has 1 aromatic heterocycles. The van der Waals surface area contributed by atoms with Crippen LogP contribution in [0.1, 0.15) is 29.1 Å². The van der Waals surface area contributed by atoms with Crippen LogP contribution in [-0.4, -0.2) is 12.7 Å². The van der Waals surface area contributed by atoms with Crippen molar-refractivity contribution in [1.82, 2.24) is 5.32 Å². The van der Waals surface area contributed by atoms with Gasteiger partial charge >= 0.3 is 0 Å². The summed E-state index contributed by atoms with van der Waals surface area (Å²) >= 11 is 0. The van der Waals surface area contributed by atoms with Crippen LogP contribution < -0.4 is 20.2 Å². The van der Waals surface area contributed by atoms with Gasteiger partial charge in [0.15, 0.2) is 22.7 Å². The van der Waals surface area contributed by atoms with Gasteiger partial charge in [-0.2, -0.15) is 0 Å². The molecule has 1 N–H and O–H groups in total. The van der Waals surface area contributed by atoms with E-state index in [-0.39, 0.29) is 24.0 Å². The van der Waals surface area contributed by atoms with Crippen LogP contribution in [-0.2, 0) is 0 Å². The summed E-state index contributed by atoms with van der Waals surface area (Å²) in [5.41, 5.74) is 0.999. The molecule has 2 heterocycles. The fraction of sp³-hybridized carbons (Fsp3) is 0.158. The van der Waals surface area contributed by atoms with Crippen LogP contribution in [0.4, 0.5) is 0 Å². The molecule has 25 heavy (non-hydrogen) atoms. The normalized spacial score (nSPS) is 13.6. The Morgan fingerprint density at radius 1 is 1.08 bits per heavy atom. The average Bonchev–Trinajstić information content (AvgIpc) is 3.09. The Hall–Kier alpha value is -3.28. The standard InChI is InChI=1S/C19H15NO5/c1-11(12-6-7-16-17(8-12)24-10-23-16)20-19(22)18-9-14(21)13-4-2-3-5-15(13)25-18/h2-9,11H,10H2,1H3,(H,20,22). The molecule has 1 aliphatic rings.